The quantitative estimate of drug-likeness (QED) is 0.870. The number of anilines is 1. The molecule has 3 rings (SSSR count). The third-order valence-corrected chi connectivity index (χ3v) is 3.29. The molecule has 0 fully saturated rings. The highest BCUT2D eigenvalue weighted by molar-refractivity contribution is 6.29. The van der Waals surface area contributed by atoms with Crippen molar-refractivity contribution in [3.63, 3.8) is 0 Å². The minimum atomic E-state index is -0.455. The zero-order valence-corrected chi connectivity index (χ0v) is 10.3. The summed E-state index contributed by atoms with van der Waals surface area (Å²) in [6.07, 6.45) is 3.27. The van der Waals surface area contributed by atoms with Crippen molar-refractivity contribution in [3.8, 4) is 0 Å². The summed E-state index contributed by atoms with van der Waals surface area (Å²) in [5, 5.41) is 13.6. The second-order valence-electron chi connectivity index (χ2n) is 4.32. The first-order valence-corrected chi connectivity index (χ1v) is 6.12. The number of rotatable bonds is 2. The van der Waals surface area contributed by atoms with Crippen molar-refractivity contribution in [1.82, 2.24) is 9.97 Å². The van der Waals surface area contributed by atoms with Gasteiger partial charge < -0.3 is 10.4 Å². The average Bonchev–Trinajstić information content (AvgIpc) is 2.66. The van der Waals surface area contributed by atoms with Gasteiger partial charge in [0.1, 0.15) is 11.0 Å². The van der Waals surface area contributed by atoms with Crippen LogP contribution in [0.3, 0.4) is 0 Å². The molecule has 0 unspecified atom stereocenters. The van der Waals surface area contributed by atoms with Crippen molar-refractivity contribution in [1.29, 1.82) is 0 Å². The van der Waals surface area contributed by atoms with Gasteiger partial charge >= 0.3 is 0 Å². The molecule has 0 saturated heterocycles. The molecule has 4 nitrogen and oxygen atoms in total. The van der Waals surface area contributed by atoms with E-state index in [2.05, 4.69) is 15.3 Å². The molecule has 1 heterocycles. The fraction of sp³-hybridized carbons (Fsp3) is 0.231. The first kappa shape index (κ1) is 11.4. The fourth-order valence-corrected chi connectivity index (χ4v) is 2.47. The van der Waals surface area contributed by atoms with Crippen LogP contribution in [0.5, 0.6) is 0 Å². The lowest BCUT2D eigenvalue weighted by Crippen LogP contribution is -2.21. The van der Waals surface area contributed by atoms with E-state index in [1.807, 2.05) is 24.3 Å². The zero-order valence-electron chi connectivity index (χ0n) is 9.55. The summed E-state index contributed by atoms with van der Waals surface area (Å²) in [5.74, 6) is 0.572. The monoisotopic (exact) mass is 261 g/mol. The smallest absolute Gasteiger partial charge is 0.149 e. The van der Waals surface area contributed by atoms with Gasteiger partial charge in [-0.2, -0.15) is 0 Å². The molecular formula is C13H12ClN3O. The lowest BCUT2D eigenvalue weighted by Gasteiger charge is -2.18. The van der Waals surface area contributed by atoms with Gasteiger partial charge in [-0.05, 0) is 11.1 Å². The highest BCUT2D eigenvalue weighted by Crippen LogP contribution is 2.33. The van der Waals surface area contributed by atoms with Gasteiger partial charge in [0.2, 0.25) is 0 Å². The molecule has 0 spiro atoms. The van der Waals surface area contributed by atoms with Gasteiger partial charge in [0.05, 0.1) is 24.5 Å². The molecule has 0 aliphatic heterocycles. The molecular weight excluding hydrogens is 250 g/mol. The molecule has 2 atom stereocenters. The van der Waals surface area contributed by atoms with Crippen molar-refractivity contribution in [2.75, 3.05) is 5.32 Å². The maximum absolute atomic E-state index is 10.1. The van der Waals surface area contributed by atoms with Crippen LogP contribution in [0.2, 0.25) is 5.15 Å². The van der Waals surface area contributed by atoms with Gasteiger partial charge in [-0.25, -0.2) is 4.98 Å². The van der Waals surface area contributed by atoms with E-state index in [0.29, 0.717) is 17.4 Å². The normalized spacial score (nSPS) is 21.7. The molecule has 92 valence electrons. The lowest BCUT2D eigenvalue weighted by molar-refractivity contribution is 0.165. The van der Waals surface area contributed by atoms with E-state index in [0.717, 1.165) is 11.1 Å². The first-order chi connectivity index (χ1) is 8.74. The first-order valence-electron chi connectivity index (χ1n) is 5.74. The van der Waals surface area contributed by atoms with Crippen LogP contribution >= 0.6 is 11.6 Å². The number of nitrogens with one attached hydrogen (secondary N) is 1. The predicted octanol–water partition coefficient (Wildman–Crippen LogP) is 2.20. The molecule has 1 aliphatic rings. The van der Waals surface area contributed by atoms with Crippen LogP contribution in [0.15, 0.2) is 36.7 Å². The average molecular weight is 262 g/mol. The van der Waals surface area contributed by atoms with E-state index in [1.165, 1.54) is 6.20 Å². The highest BCUT2D eigenvalue weighted by Gasteiger charge is 2.30. The Morgan fingerprint density at radius 3 is 2.94 bits per heavy atom. The molecule has 5 heteroatoms. The maximum atomic E-state index is 10.1. The molecule has 1 aromatic carbocycles. The van der Waals surface area contributed by atoms with E-state index in [-0.39, 0.29) is 6.04 Å². The van der Waals surface area contributed by atoms with Crippen molar-refractivity contribution in [2.24, 2.45) is 0 Å². The van der Waals surface area contributed by atoms with Gasteiger partial charge in [0, 0.05) is 6.42 Å². The fourth-order valence-electron chi connectivity index (χ4n) is 2.32. The Kier molecular flexibility index (Phi) is 2.89. The Labute approximate surface area is 110 Å². The predicted molar refractivity (Wildman–Crippen MR) is 69.6 cm³/mol. The molecule has 1 aromatic heterocycles. The SMILES string of the molecule is O[C@@H]1Cc2ccccc2[C@@H]1Nc1cncc(Cl)n1. The van der Waals surface area contributed by atoms with Crippen LogP contribution in [0, 0.1) is 0 Å². The van der Waals surface area contributed by atoms with Crippen LogP contribution in [-0.2, 0) is 6.42 Å². The number of fused-ring (bicyclic) bond motifs is 1. The third kappa shape index (κ3) is 2.05. The standard InChI is InChI=1S/C13H12ClN3O/c14-11-6-15-7-12(16-11)17-13-9-4-2-1-3-8(9)5-10(13)18/h1-4,6-7,10,13,18H,5H2,(H,16,17)/t10-,13+/m1/s1. The molecule has 1 aliphatic carbocycles. The summed E-state index contributed by atoms with van der Waals surface area (Å²) >= 11 is 5.79. The maximum Gasteiger partial charge on any atom is 0.149 e. The summed E-state index contributed by atoms with van der Waals surface area (Å²) < 4.78 is 0. The molecule has 0 amide bonds. The van der Waals surface area contributed by atoms with Crippen molar-refractivity contribution >= 4 is 17.4 Å². The van der Waals surface area contributed by atoms with Crippen LogP contribution < -0.4 is 5.32 Å². The van der Waals surface area contributed by atoms with Crippen LogP contribution in [0.4, 0.5) is 5.82 Å². The van der Waals surface area contributed by atoms with Crippen molar-refractivity contribution in [2.45, 2.75) is 18.6 Å². The summed E-state index contributed by atoms with van der Waals surface area (Å²) in [4.78, 5) is 8.09. The molecule has 2 aromatic rings. The number of aliphatic hydroxyl groups excluding tert-OH is 1. The zero-order chi connectivity index (χ0) is 12.5. The van der Waals surface area contributed by atoms with E-state index in [9.17, 15) is 5.11 Å². The minimum Gasteiger partial charge on any atom is -0.390 e. The second kappa shape index (κ2) is 4.55. The largest absolute Gasteiger partial charge is 0.390 e. The van der Waals surface area contributed by atoms with Gasteiger partial charge in [0.15, 0.2) is 0 Å². The van der Waals surface area contributed by atoms with E-state index >= 15 is 0 Å². The molecule has 18 heavy (non-hydrogen) atoms. The number of aliphatic hydroxyl groups is 1. The van der Waals surface area contributed by atoms with E-state index < -0.39 is 6.10 Å². The van der Waals surface area contributed by atoms with Gasteiger partial charge in [-0.3, -0.25) is 4.98 Å². The van der Waals surface area contributed by atoms with Crippen LogP contribution in [-0.4, -0.2) is 21.2 Å². The molecule has 2 N–H and O–H groups in total. The number of halogens is 1. The van der Waals surface area contributed by atoms with Crippen molar-refractivity contribution in [3.05, 3.63) is 52.9 Å². The van der Waals surface area contributed by atoms with Crippen LogP contribution in [0.1, 0.15) is 17.2 Å². The highest BCUT2D eigenvalue weighted by atomic mass is 35.5. The molecule has 0 radical (unpaired) electrons. The molecule has 0 bridgehead atoms. The Bertz CT molecular complexity index is 576. The Morgan fingerprint density at radius 1 is 1.28 bits per heavy atom. The number of benzene rings is 1. The van der Waals surface area contributed by atoms with E-state index in [1.54, 1.807) is 6.20 Å². The van der Waals surface area contributed by atoms with E-state index in [4.69, 9.17) is 11.6 Å². The number of aromatic nitrogens is 2. The lowest BCUT2D eigenvalue weighted by atomic mass is 10.1. The summed E-state index contributed by atoms with van der Waals surface area (Å²) in [5.41, 5.74) is 2.27. The Morgan fingerprint density at radius 2 is 2.11 bits per heavy atom. The summed E-state index contributed by atoms with van der Waals surface area (Å²) in [6.45, 7) is 0. The van der Waals surface area contributed by atoms with Gasteiger partial charge in [-0.15, -0.1) is 0 Å². The molecule has 0 saturated carbocycles. The number of nitrogens with zero attached hydrogens (tertiary/aromatic N) is 2. The summed E-state index contributed by atoms with van der Waals surface area (Å²) in [6, 6.07) is 7.84. The second-order valence-corrected chi connectivity index (χ2v) is 4.71. The van der Waals surface area contributed by atoms with Gasteiger partial charge in [-0.1, -0.05) is 35.9 Å². The topological polar surface area (TPSA) is 58.0 Å². The van der Waals surface area contributed by atoms with Crippen LogP contribution in [0.25, 0.3) is 0 Å². The minimum absolute atomic E-state index is 0.158. The third-order valence-electron chi connectivity index (χ3n) is 3.11. The van der Waals surface area contributed by atoms with Crippen molar-refractivity contribution < 1.29 is 5.11 Å². The number of hydrogen-bond donors (Lipinski definition) is 2. The number of hydrogen-bond acceptors (Lipinski definition) is 4. The summed E-state index contributed by atoms with van der Waals surface area (Å²) in [7, 11) is 0. The Hall–Kier alpha value is -1.65. The van der Waals surface area contributed by atoms with Gasteiger partial charge in [0.25, 0.3) is 0 Å². The Balaban J connectivity index is 1.89.